The van der Waals surface area contributed by atoms with Crippen molar-refractivity contribution in [3.63, 3.8) is 0 Å². The number of hydrogen-bond acceptors (Lipinski definition) is 4. The predicted octanol–water partition coefficient (Wildman–Crippen LogP) is 6.84. The van der Waals surface area contributed by atoms with Crippen LogP contribution in [-0.4, -0.2) is 11.0 Å². The molecule has 0 unspecified atom stereocenters. The summed E-state index contributed by atoms with van der Waals surface area (Å²) >= 11 is 7.91. The lowest BCUT2D eigenvalue weighted by molar-refractivity contribution is 0.251. The molecule has 4 aromatic rings. The Morgan fingerprint density at radius 3 is 2.31 bits per heavy atom. The number of halogens is 1. The van der Waals surface area contributed by atoms with Crippen LogP contribution in [0.1, 0.15) is 5.56 Å². The van der Waals surface area contributed by atoms with Gasteiger partial charge in [0.1, 0.15) is 0 Å². The highest BCUT2D eigenvalue weighted by atomic mass is 35.5. The minimum atomic E-state index is -0.266. The minimum Gasteiger partial charge on any atom is -0.334 e. The third kappa shape index (κ3) is 5.81. The molecule has 1 heterocycles. The summed E-state index contributed by atoms with van der Waals surface area (Å²) in [6.07, 6.45) is 3.43. The second-order valence-corrected chi connectivity index (χ2v) is 8.18. The third-order valence-corrected chi connectivity index (χ3v) is 5.89. The molecule has 0 saturated carbocycles. The first-order chi connectivity index (χ1) is 15.7. The first-order valence-corrected chi connectivity index (χ1v) is 11.2. The molecule has 0 fully saturated rings. The van der Waals surface area contributed by atoms with Crippen molar-refractivity contribution >= 4 is 41.0 Å². The molecular weight excluding hydrogens is 440 g/mol. The van der Waals surface area contributed by atoms with E-state index in [2.05, 4.69) is 32.5 Å². The maximum Gasteiger partial charge on any atom is 0.319 e. The highest BCUT2D eigenvalue weighted by Crippen LogP contribution is 2.35. The summed E-state index contributed by atoms with van der Waals surface area (Å²) in [5.41, 5.74) is 4.64. The molecule has 0 saturated heterocycles. The number of amides is 2. The van der Waals surface area contributed by atoms with E-state index in [1.807, 2.05) is 72.8 Å². The van der Waals surface area contributed by atoms with Gasteiger partial charge in [-0.3, -0.25) is 4.98 Å². The zero-order chi connectivity index (χ0) is 22.2. The summed E-state index contributed by atoms with van der Waals surface area (Å²) in [6.45, 7) is 0.417. The third-order valence-electron chi connectivity index (χ3n) is 4.65. The highest BCUT2D eigenvalue weighted by Gasteiger charge is 2.09. The van der Waals surface area contributed by atoms with Crippen LogP contribution >= 0.6 is 23.5 Å². The summed E-state index contributed by atoms with van der Waals surface area (Å²) in [4.78, 5) is 17.2. The molecule has 0 aliphatic heterocycles. The Morgan fingerprint density at radius 1 is 0.844 bits per heavy atom. The van der Waals surface area contributed by atoms with E-state index < -0.39 is 0 Å². The molecule has 3 N–H and O–H groups in total. The Balaban J connectivity index is 1.34. The quantitative estimate of drug-likeness (QED) is 0.264. The van der Waals surface area contributed by atoms with Gasteiger partial charge in [-0.15, -0.1) is 0 Å². The average Bonchev–Trinajstić information content (AvgIpc) is 2.84. The zero-order valence-electron chi connectivity index (χ0n) is 17.1. The molecule has 0 radical (unpaired) electrons. The molecule has 0 bridgehead atoms. The van der Waals surface area contributed by atoms with Gasteiger partial charge in [-0.25, -0.2) is 4.79 Å². The second kappa shape index (κ2) is 10.7. The number of nitrogens with one attached hydrogen (secondary N) is 3. The number of urea groups is 1. The number of pyridine rings is 1. The first-order valence-electron chi connectivity index (χ1n) is 9.99. The van der Waals surface area contributed by atoms with E-state index in [0.29, 0.717) is 12.2 Å². The normalized spacial score (nSPS) is 10.4. The molecule has 4 rings (SSSR count). The van der Waals surface area contributed by atoms with Crippen molar-refractivity contribution in [2.24, 2.45) is 0 Å². The van der Waals surface area contributed by atoms with Crippen molar-refractivity contribution in [2.45, 2.75) is 11.4 Å². The minimum absolute atomic E-state index is 0.266. The van der Waals surface area contributed by atoms with Gasteiger partial charge in [0.15, 0.2) is 0 Å². The molecule has 7 heteroatoms. The van der Waals surface area contributed by atoms with Crippen molar-refractivity contribution in [1.82, 2.24) is 10.3 Å². The Hall–Kier alpha value is -3.48. The fourth-order valence-corrected chi connectivity index (χ4v) is 4.09. The number of aromatic nitrogens is 1. The van der Waals surface area contributed by atoms with Crippen LogP contribution in [0.5, 0.6) is 0 Å². The van der Waals surface area contributed by atoms with Crippen LogP contribution in [0.3, 0.4) is 0 Å². The standard InChI is InChI=1S/C25H21ClN4OS/c26-23-9-3-1-7-21(23)22-8-2-4-10-24(22)32-30-20-13-11-19(12-14-20)29-25(31)28-17-18-6-5-15-27-16-18/h1-16,30H,17H2,(H2,28,29,31). The van der Waals surface area contributed by atoms with Crippen LogP contribution in [0.15, 0.2) is 102 Å². The lowest BCUT2D eigenvalue weighted by Gasteiger charge is -2.12. The van der Waals surface area contributed by atoms with Crippen LogP contribution < -0.4 is 15.4 Å². The highest BCUT2D eigenvalue weighted by molar-refractivity contribution is 8.00. The lowest BCUT2D eigenvalue weighted by atomic mass is 10.1. The summed E-state index contributed by atoms with van der Waals surface area (Å²) < 4.78 is 3.36. The Kier molecular flexibility index (Phi) is 7.27. The number of rotatable bonds is 7. The second-order valence-electron chi connectivity index (χ2n) is 6.93. The molecule has 3 aromatic carbocycles. The van der Waals surface area contributed by atoms with Crippen molar-refractivity contribution in [3.05, 3.63) is 108 Å². The topological polar surface area (TPSA) is 66.0 Å². The number of carbonyl (C=O) groups is 1. The molecule has 0 aliphatic rings. The molecule has 1 aromatic heterocycles. The van der Waals surface area contributed by atoms with E-state index in [4.69, 9.17) is 11.6 Å². The van der Waals surface area contributed by atoms with E-state index in [1.54, 1.807) is 12.4 Å². The van der Waals surface area contributed by atoms with Crippen molar-refractivity contribution in [3.8, 4) is 11.1 Å². The fraction of sp³-hybridized carbons (Fsp3) is 0.0400. The van der Waals surface area contributed by atoms with Gasteiger partial charge in [0.05, 0.1) is 0 Å². The molecular formula is C25H21ClN4OS. The van der Waals surface area contributed by atoms with Crippen LogP contribution in [0, 0.1) is 0 Å². The summed E-state index contributed by atoms with van der Waals surface area (Å²) in [5, 5.41) is 6.36. The number of nitrogens with zero attached hydrogens (tertiary/aromatic N) is 1. The maximum absolute atomic E-state index is 12.1. The van der Waals surface area contributed by atoms with Gasteiger partial charge in [-0.05, 0) is 65.5 Å². The molecule has 0 atom stereocenters. The van der Waals surface area contributed by atoms with Gasteiger partial charge in [0, 0.05) is 45.8 Å². The number of carbonyl (C=O) groups excluding carboxylic acids is 1. The van der Waals surface area contributed by atoms with E-state index in [0.717, 1.165) is 32.3 Å². The SMILES string of the molecule is O=C(NCc1cccnc1)Nc1ccc(NSc2ccccc2-c2ccccc2Cl)cc1. The van der Waals surface area contributed by atoms with Gasteiger partial charge in [-0.2, -0.15) is 0 Å². The molecule has 0 spiro atoms. The molecule has 32 heavy (non-hydrogen) atoms. The molecule has 160 valence electrons. The number of benzene rings is 3. The maximum atomic E-state index is 12.1. The fourth-order valence-electron chi connectivity index (χ4n) is 3.05. The van der Waals surface area contributed by atoms with E-state index in [9.17, 15) is 4.79 Å². The predicted molar refractivity (Wildman–Crippen MR) is 133 cm³/mol. The Morgan fingerprint density at radius 2 is 1.56 bits per heavy atom. The zero-order valence-corrected chi connectivity index (χ0v) is 18.7. The average molecular weight is 461 g/mol. The Labute approximate surface area is 196 Å². The summed E-state index contributed by atoms with van der Waals surface area (Å²) in [5.74, 6) is 0. The number of hydrogen-bond donors (Lipinski definition) is 3. The van der Waals surface area contributed by atoms with Crippen molar-refractivity contribution in [1.29, 1.82) is 0 Å². The van der Waals surface area contributed by atoms with Gasteiger partial charge in [0.2, 0.25) is 0 Å². The van der Waals surface area contributed by atoms with E-state index >= 15 is 0 Å². The van der Waals surface area contributed by atoms with Crippen LogP contribution in [-0.2, 0) is 6.54 Å². The molecule has 2 amide bonds. The summed E-state index contributed by atoms with van der Waals surface area (Å²) in [6, 6.07) is 27.0. The molecule has 5 nitrogen and oxygen atoms in total. The van der Waals surface area contributed by atoms with Gasteiger partial charge in [-0.1, -0.05) is 54.1 Å². The van der Waals surface area contributed by atoms with Crippen molar-refractivity contribution in [2.75, 3.05) is 10.0 Å². The largest absolute Gasteiger partial charge is 0.334 e. The monoisotopic (exact) mass is 460 g/mol. The van der Waals surface area contributed by atoms with Crippen LogP contribution in [0.25, 0.3) is 11.1 Å². The van der Waals surface area contributed by atoms with Gasteiger partial charge >= 0.3 is 6.03 Å². The van der Waals surface area contributed by atoms with Crippen molar-refractivity contribution < 1.29 is 4.79 Å². The van der Waals surface area contributed by atoms with E-state index in [-0.39, 0.29) is 6.03 Å². The van der Waals surface area contributed by atoms with Gasteiger partial charge in [0.25, 0.3) is 0 Å². The summed E-state index contributed by atoms with van der Waals surface area (Å²) in [7, 11) is 0. The smallest absolute Gasteiger partial charge is 0.319 e. The van der Waals surface area contributed by atoms with Gasteiger partial charge < -0.3 is 15.4 Å². The van der Waals surface area contributed by atoms with E-state index in [1.165, 1.54) is 11.9 Å². The lowest BCUT2D eigenvalue weighted by Crippen LogP contribution is -2.28. The number of anilines is 2. The Bertz CT molecular complexity index is 1190. The van der Waals surface area contributed by atoms with Crippen LogP contribution in [0.2, 0.25) is 5.02 Å². The molecule has 0 aliphatic carbocycles. The van der Waals surface area contributed by atoms with Crippen LogP contribution in [0.4, 0.5) is 16.2 Å². The first kappa shape index (κ1) is 21.7.